The molecule has 5 atom stereocenters. The van der Waals surface area contributed by atoms with Gasteiger partial charge in [0.1, 0.15) is 0 Å². The second kappa shape index (κ2) is 25.8. The topological polar surface area (TPSA) is 73.9 Å². The number of allylic oxidation sites excluding steroid dienone is 10. The molecule has 0 radical (unpaired) electrons. The Morgan fingerprint density at radius 3 is 2.00 bits per heavy atom. The van der Waals surface area contributed by atoms with Crippen LogP contribution in [0.25, 0.3) is 0 Å². The Kier molecular flexibility index (Phi) is 24.1. The highest BCUT2D eigenvalue weighted by molar-refractivity contribution is 6.77. The number of hydrogen-bond acceptors (Lipinski definition) is 5. The first kappa shape index (κ1) is 55.9. The predicted molar refractivity (Wildman–Crippen MR) is 268 cm³/mol. The van der Waals surface area contributed by atoms with E-state index in [-0.39, 0.29) is 46.9 Å². The average Bonchev–Trinajstić information content (AvgIpc) is 3.08. The van der Waals surface area contributed by atoms with Crippen LogP contribution in [0.15, 0.2) is 83.7 Å². The monoisotopic (exact) mass is 882 g/mol. The van der Waals surface area contributed by atoms with Gasteiger partial charge in [-0.25, -0.2) is 0 Å². The van der Waals surface area contributed by atoms with Gasteiger partial charge in [-0.2, -0.15) is 0 Å². The summed E-state index contributed by atoms with van der Waals surface area (Å²) in [6.07, 6.45) is 27.9. The Balaban J connectivity index is 3.77. The van der Waals surface area contributed by atoms with Gasteiger partial charge < -0.3 is 18.6 Å². The number of nitrogens with one attached hydrogen (secondary N) is 1. The Labute approximate surface area is 373 Å². The molecule has 0 fully saturated rings. The van der Waals surface area contributed by atoms with E-state index in [4.69, 9.17) is 13.3 Å². The summed E-state index contributed by atoms with van der Waals surface area (Å²) in [5.41, 5.74) is 4.59. The van der Waals surface area contributed by atoms with Crippen LogP contribution in [-0.2, 0) is 22.9 Å². The largest absolute Gasteiger partial charge is 0.412 e. The zero-order valence-corrected chi connectivity index (χ0v) is 45.0. The van der Waals surface area contributed by atoms with Gasteiger partial charge in [0.15, 0.2) is 22.4 Å². The molecule has 6 nitrogen and oxygen atoms in total. The highest BCUT2D eigenvalue weighted by Gasteiger charge is 2.48. The maximum absolute atomic E-state index is 13.5. The van der Waals surface area contributed by atoms with Crippen molar-refractivity contribution < 1.29 is 22.9 Å². The first-order valence-electron chi connectivity index (χ1n) is 23.1. The van der Waals surface area contributed by atoms with Crippen molar-refractivity contribution in [2.45, 2.75) is 215 Å². The molecule has 0 aliphatic heterocycles. The van der Waals surface area contributed by atoms with E-state index < -0.39 is 25.0 Å². The van der Waals surface area contributed by atoms with Gasteiger partial charge in [0.05, 0.1) is 18.3 Å². The zero-order valence-electron chi connectivity index (χ0n) is 42.0. The quantitative estimate of drug-likeness (QED) is 0.0814. The summed E-state index contributed by atoms with van der Waals surface area (Å²) in [6.45, 7) is 42.9. The average molecular weight is 883 g/mol. The molecule has 0 unspecified atom stereocenters. The summed E-state index contributed by atoms with van der Waals surface area (Å²) in [5, 5.41) is 2.89. The van der Waals surface area contributed by atoms with Crippen LogP contribution in [0.5, 0.6) is 0 Å². The maximum atomic E-state index is 13.5. The molecule has 0 aromatic rings. The summed E-state index contributed by atoms with van der Waals surface area (Å²) in [6, 6.07) is 0. The fourth-order valence-corrected chi connectivity index (χ4v) is 16.3. The molecule has 0 heterocycles. The van der Waals surface area contributed by atoms with Crippen LogP contribution in [0.3, 0.4) is 0 Å². The van der Waals surface area contributed by atoms with E-state index in [9.17, 15) is 9.59 Å². The van der Waals surface area contributed by atoms with Crippen molar-refractivity contribution in [1.29, 1.82) is 0 Å². The Bertz CT molecular complexity index is 1520. The number of amides is 1. The highest BCUT2D eigenvalue weighted by atomic mass is 28.4. The number of ketones is 1. The summed E-state index contributed by atoms with van der Waals surface area (Å²) < 4.78 is 21.9. The van der Waals surface area contributed by atoms with Crippen LogP contribution in [0.2, 0.25) is 54.4 Å². The van der Waals surface area contributed by atoms with E-state index >= 15 is 0 Å². The second-order valence-electron chi connectivity index (χ2n) is 21.3. The molecule has 1 rings (SSSR count). The molecular formula is C51H91NO5Si3. The molecule has 60 heavy (non-hydrogen) atoms. The Morgan fingerprint density at radius 2 is 1.45 bits per heavy atom. The summed E-state index contributed by atoms with van der Waals surface area (Å²) in [7, 11) is -6.34. The minimum atomic E-state index is -2.28. The summed E-state index contributed by atoms with van der Waals surface area (Å²) in [5.74, 6) is 0.312. The van der Waals surface area contributed by atoms with Crippen molar-refractivity contribution >= 4 is 36.6 Å². The lowest BCUT2D eigenvalue weighted by molar-refractivity contribution is -0.116. The minimum absolute atomic E-state index is 0.0599. The molecule has 1 N–H and O–H groups in total. The molecule has 0 aromatic heterocycles. The standard InChI is InChI=1S/C51H91NO5Si3/c1-38(2)34-50(54)52-33-32-43(10)35-44(11)45-36-42(9)26-22-20-25-29-48(56-58(15,16)17)49(57-60(39(3)4,40(5)6)41(7)8)31-30-47(55-59(18,19)51(12,13)14)28-24-21-23-27-46(53)37-45/h20,22-23,26-27,30-35,39-41,44-45,47-49H,21,24-25,28-29,36-37H2,1-19H3,(H,52,54)/b22-20+,27-23+,31-30+,33-32+,42-26+,43-35+/t44-,45-,47+,48+,49+/m0/s1. The SMILES string of the molecule is CC(C)=CC(=O)N/C=C/C(C)=C/[C@H](C)[C@@H]1CC(=O)/C=C/CCC[C@@H](O[Si](C)(C)C(C)(C)C)/C=C/[C@@H](O[Si](C(C)C)(C(C)C)C(C)C)[C@H](O[Si](C)(C)C)CC/C=C/C=C(\C)C1. The second-order valence-corrected chi connectivity index (χ2v) is 35.9. The Hall–Kier alpha value is -2.15. The highest BCUT2D eigenvalue weighted by Crippen LogP contribution is 2.44. The first-order chi connectivity index (χ1) is 27.6. The van der Waals surface area contributed by atoms with E-state index in [1.807, 2.05) is 32.9 Å². The molecule has 342 valence electrons. The van der Waals surface area contributed by atoms with E-state index in [2.05, 4.69) is 157 Å². The summed E-state index contributed by atoms with van der Waals surface area (Å²) in [4.78, 5) is 25.6. The van der Waals surface area contributed by atoms with Crippen molar-refractivity contribution in [3.05, 3.63) is 83.7 Å². The molecule has 0 saturated heterocycles. The fraction of sp³-hybridized carbons (Fsp3) is 0.686. The van der Waals surface area contributed by atoms with Gasteiger partial charge in [-0.3, -0.25) is 9.59 Å². The van der Waals surface area contributed by atoms with Crippen molar-refractivity contribution in [1.82, 2.24) is 5.32 Å². The molecule has 0 saturated carbocycles. The smallest absolute Gasteiger partial charge is 0.247 e. The predicted octanol–water partition coefficient (Wildman–Crippen LogP) is 14.9. The molecule has 1 aliphatic carbocycles. The van der Waals surface area contributed by atoms with Gasteiger partial charge in [-0.15, -0.1) is 0 Å². The van der Waals surface area contributed by atoms with Gasteiger partial charge in [0.25, 0.3) is 0 Å². The number of rotatable bonds is 14. The lowest BCUT2D eigenvalue weighted by Crippen LogP contribution is -2.53. The van der Waals surface area contributed by atoms with E-state index in [0.717, 1.165) is 49.7 Å². The van der Waals surface area contributed by atoms with Crippen LogP contribution >= 0.6 is 0 Å². The van der Waals surface area contributed by atoms with Gasteiger partial charge in [-0.1, -0.05) is 128 Å². The van der Waals surface area contributed by atoms with Crippen molar-refractivity contribution in [3.63, 3.8) is 0 Å². The third kappa shape index (κ3) is 20.4. The van der Waals surface area contributed by atoms with Gasteiger partial charge >= 0.3 is 0 Å². The first-order valence-corrected chi connectivity index (χ1v) is 31.6. The van der Waals surface area contributed by atoms with E-state index in [1.54, 1.807) is 12.3 Å². The van der Waals surface area contributed by atoms with Gasteiger partial charge in [0, 0.05) is 18.7 Å². The molecule has 9 heteroatoms. The number of hydrogen-bond donors (Lipinski definition) is 1. The van der Waals surface area contributed by atoms with E-state index in [0.29, 0.717) is 23.0 Å². The summed E-state index contributed by atoms with van der Waals surface area (Å²) >= 11 is 0. The van der Waals surface area contributed by atoms with Crippen LogP contribution in [0.4, 0.5) is 0 Å². The molecular weight excluding hydrogens is 791 g/mol. The van der Waals surface area contributed by atoms with Gasteiger partial charge in [0.2, 0.25) is 14.2 Å². The maximum Gasteiger partial charge on any atom is 0.247 e. The normalized spacial score (nSPS) is 24.9. The fourth-order valence-electron chi connectivity index (χ4n) is 8.27. The third-order valence-electron chi connectivity index (χ3n) is 12.3. The molecule has 0 spiro atoms. The van der Waals surface area contributed by atoms with Gasteiger partial charge in [-0.05, 0) is 145 Å². The van der Waals surface area contributed by atoms with Crippen molar-refractivity contribution in [2.75, 3.05) is 0 Å². The minimum Gasteiger partial charge on any atom is -0.412 e. The van der Waals surface area contributed by atoms with E-state index in [1.165, 1.54) is 5.57 Å². The lowest BCUT2D eigenvalue weighted by atomic mass is 9.83. The zero-order chi connectivity index (χ0) is 46.1. The number of carbonyl (C=O) groups is 2. The number of carbonyl (C=O) groups excluding carboxylic acids is 2. The van der Waals surface area contributed by atoms with Crippen molar-refractivity contribution in [3.8, 4) is 0 Å². The molecule has 0 bridgehead atoms. The molecule has 0 aromatic carbocycles. The van der Waals surface area contributed by atoms with Crippen molar-refractivity contribution in [2.24, 2.45) is 11.8 Å². The Morgan fingerprint density at radius 1 is 0.833 bits per heavy atom. The van der Waals surface area contributed by atoms with Crippen LogP contribution in [-0.4, -0.2) is 55.0 Å². The molecule has 1 aliphatic rings. The lowest BCUT2D eigenvalue weighted by Gasteiger charge is -2.46. The van der Waals surface area contributed by atoms with Crippen LogP contribution in [0, 0.1) is 11.8 Å². The van der Waals surface area contributed by atoms with Crippen LogP contribution < -0.4 is 5.32 Å². The molecule has 1 amide bonds. The van der Waals surface area contributed by atoms with Crippen LogP contribution in [0.1, 0.15) is 142 Å². The third-order valence-corrected chi connectivity index (χ3v) is 23.9.